The summed E-state index contributed by atoms with van der Waals surface area (Å²) in [5, 5.41) is 6.92. The second-order valence-corrected chi connectivity index (χ2v) is 5.23. The summed E-state index contributed by atoms with van der Waals surface area (Å²) in [4.78, 5) is 16.5. The highest BCUT2D eigenvalue weighted by Gasteiger charge is 2.18. The first kappa shape index (κ1) is 15.1. The third-order valence-corrected chi connectivity index (χ3v) is 3.41. The fourth-order valence-corrected chi connectivity index (χ4v) is 2.46. The van der Waals surface area contributed by atoms with E-state index in [9.17, 15) is 4.79 Å². The summed E-state index contributed by atoms with van der Waals surface area (Å²) in [5.74, 6) is 0.266. The van der Waals surface area contributed by atoms with Crippen LogP contribution in [0.25, 0.3) is 0 Å². The van der Waals surface area contributed by atoms with Gasteiger partial charge in [-0.1, -0.05) is 17.4 Å². The Labute approximate surface area is 127 Å². The number of nitrogens with two attached hydrogens (primary N) is 1. The predicted molar refractivity (Wildman–Crippen MR) is 86.3 cm³/mol. The summed E-state index contributed by atoms with van der Waals surface area (Å²) in [6.07, 6.45) is 1.51. The van der Waals surface area contributed by atoms with E-state index >= 15 is 0 Å². The number of rotatable bonds is 6. The van der Waals surface area contributed by atoms with Gasteiger partial charge in [-0.3, -0.25) is 10.1 Å². The molecule has 7 heteroatoms. The van der Waals surface area contributed by atoms with E-state index in [1.54, 1.807) is 6.07 Å². The number of aromatic nitrogens is 1. The summed E-state index contributed by atoms with van der Waals surface area (Å²) in [7, 11) is 0. The number of benzene rings is 1. The number of nitrogen functional groups attached to an aromatic ring is 1. The van der Waals surface area contributed by atoms with Crippen molar-refractivity contribution in [2.75, 3.05) is 29.5 Å². The minimum atomic E-state index is -0.274. The SMILES string of the molecule is CCNc1cccc(OCC)c1C(=O)Nc1ncc(N)s1. The largest absolute Gasteiger partial charge is 0.493 e. The maximum Gasteiger partial charge on any atom is 0.263 e. The molecule has 6 nitrogen and oxygen atoms in total. The number of nitrogens with one attached hydrogen (secondary N) is 2. The van der Waals surface area contributed by atoms with Gasteiger partial charge in [-0.25, -0.2) is 4.98 Å². The van der Waals surface area contributed by atoms with Crippen molar-refractivity contribution in [1.82, 2.24) is 4.98 Å². The first-order valence-electron chi connectivity index (χ1n) is 6.68. The average Bonchev–Trinajstić information content (AvgIpc) is 2.85. The maximum atomic E-state index is 12.5. The highest BCUT2D eigenvalue weighted by atomic mass is 32.1. The molecule has 0 unspecified atom stereocenters. The number of hydrogen-bond donors (Lipinski definition) is 3. The van der Waals surface area contributed by atoms with E-state index < -0.39 is 0 Å². The number of carbonyl (C=O) groups excluding carboxylic acids is 1. The van der Waals surface area contributed by atoms with Gasteiger partial charge in [-0.2, -0.15) is 0 Å². The van der Waals surface area contributed by atoms with Gasteiger partial charge in [0, 0.05) is 6.54 Å². The van der Waals surface area contributed by atoms with Gasteiger partial charge in [0.1, 0.15) is 16.3 Å². The van der Waals surface area contributed by atoms with Gasteiger partial charge in [0.2, 0.25) is 0 Å². The Bertz CT molecular complexity index is 603. The number of ether oxygens (including phenoxy) is 1. The number of carbonyl (C=O) groups is 1. The van der Waals surface area contributed by atoms with Crippen LogP contribution in [0, 0.1) is 0 Å². The van der Waals surface area contributed by atoms with Gasteiger partial charge in [0.25, 0.3) is 5.91 Å². The average molecular weight is 306 g/mol. The van der Waals surface area contributed by atoms with E-state index in [2.05, 4.69) is 15.6 Å². The molecule has 1 aromatic carbocycles. The van der Waals surface area contributed by atoms with Crippen LogP contribution < -0.4 is 21.1 Å². The highest BCUT2D eigenvalue weighted by Crippen LogP contribution is 2.29. The highest BCUT2D eigenvalue weighted by molar-refractivity contribution is 7.19. The van der Waals surface area contributed by atoms with Crippen molar-refractivity contribution in [3.05, 3.63) is 30.0 Å². The Morgan fingerprint density at radius 1 is 1.43 bits per heavy atom. The van der Waals surface area contributed by atoms with Crippen LogP contribution in [0.5, 0.6) is 5.75 Å². The first-order valence-corrected chi connectivity index (χ1v) is 7.49. The summed E-state index contributed by atoms with van der Waals surface area (Å²) >= 11 is 1.22. The zero-order valence-electron chi connectivity index (χ0n) is 12.0. The van der Waals surface area contributed by atoms with Gasteiger partial charge in [0.15, 0.2) is 5.13 Å². The molecule has 0 saturated heterocycles. The molecule has 21 heavy (non-hydrogen) atoms. The number of thiazole rings is 1. The third-order valence-electron chi connectivity index (χ3n) is 2.66. The molecule has 0 atom stereocenters. The van der Waals surface area contributed by atoms with Crippen molar-refractivity contribution in [2.24, 2.45) is 0 Å². The van der Waals surface area contributed by atoms with Crippen LogP contribution in [0.3, 0.4) is 0 Å². The van der Waals surface area contributed by atoms with E-state index in [1.807, 2.05) is 26.0 Å². The van der Waals surface area contributed by atoms with Crippen molar-refractivity contribution >= 4 is 33.1 Å². The van der Waals surface area contributed by atoms with Crippen molar-refractivity contribution < 1.29 is 9.53 Å². The Morgan fingerprint density at radius 2 is 2.24 bits per heavy atom. The molecule has 4 N–H and O–H groups in total. The molecular weight excluding hydrogens is 288 g/mol. The number of anilines is 3. The zero-order valence-corrected chi connectivity index (χ0v) is 12.8. The fraction of sp³-hybridized carbons (Fsp3) is 0.286. The summed E-state index contributed by atoms with van der Waals surface area (Å²) in [6.45, 7) is 5.04. The molecule has 0 saturated carbocycles. The lowest BCUT2D eigenvalue weighted by molar-refractivity contribution is 0.102. The Balaban J connectivity index is 2.32. The number of amides is 1. The summed E-state index contributed by atoms with van der Waals surface area (Å²) < 4.78 is 5.55. The van der Waals surface area contributed by atoms with E-state index in [1.165, 1.54) is 17.5 Å². The second-order valence-electron chi connectivity index (χ2n) is 4.16. The maximum absolute atomic E-state index is 12.5. The fourth-order valence-electron chi connectivity index (χ4n) is 1.88. The lowest BCUT2D eigenvalue weighted by Crippen LogP contribution is -2.16. The van der Waals surface area contributed by atoms with Gasteiger partial charge < -0.3 is 15.8 Å². The van der Waals surface area contributed by atoms with Crippen LogP contribution in [0.1, 0.15) is 24.2 Å². The van der Waals surface area contributed by atoms with Gasteiger partial charge in [-0.05, 0) is 26.0 Å². The lowest BCUT2D eigenvalue weighted by atomic mass is 10.1. The van der Waals surface area contributed by atoms with Crippen molar-refractivity contribution in [3.8, 4) is 5.75 Å². The van der Waals surface area contributed by atoms with Crippen LogP contribution >= 0.6 is 11.3 Å². The minimum absolute atomic E-state index is 0.274. The molecule has 0 spiro atoms. The molecule has 0 aliphatic carbocycles. The monoisotopic (exact) mass is 306 g/mol. The van der Waals surface area contributed by atoms with Crippen molar-refractivity contribution in [1.29, 1.82) is 0 Å². The predicted octanol–water partition coefficient (Wildman–Crippen LogP) is 2.81. The van der Waals surface area contributed by atoms with Gasteiger partial charge in [0.05, 0.1) is 18.5 Å². The molecule has 1 heterocycles. The lowest BCUT2D eigenvalue weighted by Gasteiger charge is -2.14. The number of hydrogen-bond acceptors (Lipinski definition) is 6. The molecule has 0 bridgehead atoms. The first-order chi connectivity index (χ1) is 10.2. The molecule has 2 aromatic rings. The molecule has 112 valence electrons. The van der Waals surface area contributed by atoms with E-state index in [0.29, 0.717) is 34.6 Å². The summed E-state index contributed by atoms with van der Waals surface area (Å²) in [6, 6.07) is 5.47. The van der Waals surface area contributed by atoms with E-state index in [0.717, 1.165) is 5.69 Å². The summed E-state index contributed by atoms with van der Waals surface area (Å²) in [5.41, 5.74) is 6.81. The molecular formula is C14H18N4O2S. The molecule has 0 aliphatic rings. The second kappa shape index (κ2) is 6.94. The Hall–Kier alpha value is -2.28. The number of nitrogens with zero attached hydrogens (tertiary/aromatic N) is 1. The molecule has 2 rings (SSSR count). The zero-order chi connectivity index (χ0) is 15.2. The van der Waals surface area contributed by atoms with Crippen LogP contribution in [0.2, 0.25) is 0 Å². The molecule has 0 radical (unpaired) electrons. The van der Waals surface area contributed by atoms with Crippen LogP contribution in [-0.2, 0) is 0 Å². The molecule has 1 aromatic heterocycles. The molecule has 0 aliphatic heterocycles. The van der Waals surface area contributed by atoms with Gasteiger partial charge >= 0.3 is 0 Å². The normalized spacial score (nSPS) is 10.2. The van der Waals surface area contributed by atoms with Crippen LogP contribution in [-0.4, -0.2) is 24.0 Å². The van der Waals surface area contributed by atoms with E-state index in [-0.39, 0.29) is 5.91 Å². The quantitative estimate of drug-likeness (QED) is 0.763. The van der Waals surface area contributed by atoms with E-state index in [4.69, 9.17) is 10.5 Å². The smallest absolute Gasteiger partial charge is 0.263 e. The Morgan fingerprint density at radius 3 is 2.86 bits per heavy atom. The van der Waals surface area contributed by atoms with Gasteiger partial charge in [-0.15, -0.1) is 0 Å². The van der Waals surface area contributed by atoms with Crippen LogP contribution in [0.15, 0.2) is 24.4 Å². The molecule has 0 fully saturated rings. The van der Waals surface area contributed by atoms with Crippen LogP contribution in [0.4, 0.5) is 15.8 Å². The topological polar surface area (TPSA) is 89.3 Å². The molecule has 1 amide bonds. The third kappa shape index (κ3) is 3.63. The standard InChI is InChI=1S/C14H18N4O2S/c1-3-16-9-6-5-7-10(20-4-2)12(9)13(19)18-14-17-8-11(15)21-14/h5-8,16H,3-4,15H2,1-2H3,(H,17,18,19). The Kier molecular flexibility index (Phi) is 4.99. The minimum Gasteiger partial charge on any atom is -0.493 e. The van der Waals surface area contributed by atoms with Crippen molar-refractivity contribution in [3.63, 3.8) is 0 Å². The van der Waals surface area contributed by atoms with Crippen molar-refractivity contribution in [2.45, 2.75) is 13.8 Å².